The average Bonchev–Trinajstić information content (AvgIpc) is 2.13. The SMILES string of the molecule is Cc1c(S)c(C)c([B-](F)(F)F)c(C)c1CN. The molecule has 2 N–H and O–H groups in total. The van der Waals surface area contributed by atoms with Gasteiger partial charge < -0.3 is 18.7 Å². The summed E-state index contributed by atoms with van der Waals surface area (Å²) >= 11 is 4.14. The van der Waals surface area contributed by atoms with Crippen molar-refractivity contribution in [1.82, 2.24) is 0 Å². The van der Waals surface area contributed by atoms with Gasteiger partial charge in [0.25, 0.3) is 0 Å². The summed E-state index contributed by atoms with van der Waals surface area (Å²) in [5, 5.41) is 0. The first-order valence-electron chi connectivity index (χ1n) is 4.93. The molecule has 0 aliphatic heterocycles. The van der Waals surface area contributed by atoms with Crippen LogP contribution in [0.25, 0.3) is 0 Å². The Morgan fingerprint density at radius 2 is 1.56 bits per heavy atom. The van der Waals surface area contributed by atoms with Crippen molar-refractivity contribution in [2.45, 2.75) is 32.2 Å². The zero-order valence-corrected chi connectivity index (χ0v) is 10.3. The van der Waals surface area contributed by atoms with Gasteiger partial charge in [0.2, 0.25) is 0 Å². The maximum atomic E-state index is 12.9. The van der Waals surface area contributed by atoms with E-state index < -0.39 is 12.4 Å². The molecule has 0 spiro atoms. The first-order chi connectivity index (χ1) is 7.21. The van der Waals surface area contributed by atoms with Gasteiger partial charge in [-0.15, -0.1) is 18.1 Å². The molecule has 0 radical (unpaired) electrons. The van der Waals surface area contributed by atoms with Crippen LogP contribution in [-0.4, -0.2) is 6.98 Å². The number of benzene rings is 1. The number of rotatable bonds is 2. The fraction of sp³-hybridized carbons (Fsp3) is 0.400. The van der Waals surface area contributed by atoms with E-state index in [1.807, 2.05) is 0 Å². The van der Waals surface area contributed by atoms with Crippen LogP contribution < -0.4 is 11.2 Å². The molecule has 0 bridgehead atoms. The fourth-order valence-electron chi connectivity index (χ4n) is 2.07. The van der Waals surface area contributed by atoms with E-state index >= 15 is 0 Å². The van der Waals surface area contributed by atoms with Gasteiger partial charge in [-0.2, -0.15) is 0 Å². The smallest absolute Gasteiger partial charge is 0.445 e. The van der Waals surface area contributed by atoms with Crippen molar-refractivity contribution < 1.29 is 12.9 Å². The lowest BCUT2D eigenvalue weighted by Gasteiger charge is -2.26. The lowest BCUT2D eigenvalue weighted by Crippen LogP contribution is -2.39. The van der Waals surface area contributed by atoms with E-state index in [9.17, 15) is 12.9 Å². The predicted molar refractivity (Wildman–Crippen MR) is 64.5 cm³/mol. The topological polar surface area (TPSA) is 26.0 Å². The van der Waals surface area contributed by atoms with Crippen LogP contribution in [0.3, 0.4) is 0 Å². The lowest BCUT2D eigenvalue weighted by atomic mass is 9.72. The molecule has 0 amide bonds. The van der Waals surface area contributed by atoms with Crippen molar-refractivity contribution in [1.29, 1.82) is 0 Å². The van der Waals surface area contributed by atoms with Crippen molar-refractivity contribution in [3.63, 3.8) is 0 Å². The molecule has 90 valence electrons. The molecule has 1 rings (SSSR count). The maximum absolute atomic E-state index is 12.9. The van der Waals surface area contributed by atoms with Crippen LogP contribution in [0.2, 0.25) is 0 Å². The normalized spacial score (nSPS) is 12.0. The molecule has 0 aromatic heterocycles. The van der Waals surface area contributed by atoms with Crippen molar-refractivity contribution in [3.05, 3.63) is 22.3 Å². The van der Waals surface area contributed by atoms with E-state index in [2.05, 4.69) is 12.6 Å². The molecular formula is C10H14BF3NS-. The summed E-state index contributed by atoms with van der Waals surface area (Å²) in [7, 11) is 0. The van der Waals surface area contributed by atoms with E-state index in [-0.39, 0.29) is 17.7 Å². The van der Waals surface area contributed by atoms with Gasteiger partial charge in [-0.1, -0.05) is 11.1 Å². The average molecular weight is 248 g/mol. The summed E-state index contributed by atoms with van der Waals surface area (Å²) < 4.78 is 38.8. The third kappa shape index (κ3) is 2.08. The van der Waals surface area contributed by atoms with Gasteiger partial charge in [0.15, 0.2) is 0 Å². The highest BCUT2D eigenvalue weighted by Crippen LogP contribution is 2.27. The number of thiol groups is 1. The number of hydrogen-bond donors (Lipinski definition) is 2. The Morgan fingerprint density at radius 3 is 1.94 bits per heavy atom. The minimum Gasteiger partial charge on any atom is -0.445 e. The van der Waals surface area contributed by atoms with Crippen molar-refractivity contribution in [2.75, 3.05) is 0 Å². The molecule has 16 heavy (non-hydrogen) atoms. The highest BCUT2D eigenvalue weighted by Gasteiger charge is 2.31. The molecule has 0 aliphatic carbocycles. The van der Waals surface area contributed by atoms with Crippen LogP contribution in [0.1, 0.15) is 22.3 Å². The quantitative estimate of drug-likeness (QED) is 0.610. The van der Waals surface area contributed by atoms with E-state index in [1.165, 1.54) is 13.8 Å². The lowest BCUT2D eigenvalue weighted by molar-refractivity contribution is 0.499. The molecule has 6 heteroatoms. The zero-order valence-electron chi connectivity index (χ0n) is 9.44. The second-order valence-electron chi connectivity index (χ2n) is 3.89. The molecular weight excluding hydrogens is 234 g/mol. The first-order valence-corrected chi connectivity index (χ1v) is 5.38. The molecule has 0 saturated heterocycles. The van der Waals surface area contributed by atoms with Gasteiger partial charge in [0.1, 0.15) is 0 Å². The minimum atomic E-state index is -5.02. The minimum absolute atomic E-state index is 0.102. The second-order valence-corrected chi connectivity index (χ2v) is 4.34. The molecule has 0 atom stereocenters. The van der Waals surface area contributed by atoms with Gasteiger partial charge in [-0.3, -0.25) is 0 Å². The molecule has 1 nitrogen and oxygen atoms in total. The maximum Gasteiger partial charge on any atom is 0.510 e. The summed E-state index contributed by atoms with van der Waals surface area (Å²) in [4.78, 5) is 0.389. The van der Waals surface area contributed by atoms with Crippen molar-refractivity contribution in [3.8, 4) is 0 Å². The van der Waals surface area contributed by atoms with Crippen LogP contribution >= 0.6 is 12.6 Å². The Morgan fingerprint density at radius 1 is 1.06 bits per heavy atom. The first kappa shape index (κ1) is 13.4. The van der Waals surface area contributed by atoms with Crippen LogP contribution in [-0.2, 0) is 6.54 Å². The summed E-state index contributed by atoms with van der Waals surface area (Å²) in [6.07, 6.45) is 0. The van der Waals surface area contributed by atoms with Crippen LogP contribution in [0, 0.1) is 20.8 Å². The van der Waals surface area contributed by atoms with Gasteiger partial charge in [0.05, 0.1) is 0 Å². The molecule has 0 aliphatic rings. The van der Waals surface area contributed by atoms with E-state index in [0.717, 1.165) is 5.56 Å². The summed E-state index contributed by atoms with van der Waals surface area (Å²) in [6.45, 7) is -0.246. The Balaban J connectivity index is 3.69. The van der Waals surface area contributed by atoms with Gasteiger partial charge in [-0.05, 0) is 31.9 Å². The Hall–Kier alpha value is -0.615. The molecule has 1 aromatic carbocycles. The number of hydrogen-bond acceptors (Lipinski definition) is 2. The molecule has 0 fully saturated rings. The predicted octanol–water partition coefficient (Wildman–Crippen LogP) is 2.41. The Labute approximate surface area is 98.7 Å². The standard InChI is InChI=1S/C10H14BF3NS/c1-5-8(4-15)6(2)10(16)7(3)9(5)11(12,13)14/h16H,4,15H2,1-3H3/q-1. The Kier molecular flexibility index (Phi) is 3.64. The monoisotopic (exact) mass is 248 g/mol. The number of halogens is 3. The van der Waals surface area contributed by atoms with Crippen LogP contribution in [0.15, 0.2) is 4.90 Å². The van der Waals surface area contributed by atoms with Crippen molar-refractivity contribution >= 4 is 25.1 Å². The van der Waals surface area contributed by atoms with E-state index in [1.54, 1.807) is 6.92 Å². The van der Waals surface area contributed by atoms with Crippen LogP contribution in [0.4, 0.5) is 12.9 Å². The van der Waals surface area contributed by atoms with Gasteiger partial charge >= 0.3 is 6.98 Å². The Bertz CT molecular complexity index is 429. The third-order valence-corrected chi connectivity index (χ3v) is 3.63. The molecule has 0 unspecified atom stereocenters. The van der Waals surface area contributed by atoms with Crippen LogP contribution in [0.5, 0.6) is 0 Å². The zero-order chi connectivity index (χ0) is 12.7. The highest BCUT2D eigenvalue weighted by molar-refractivity contribution is 7.80. The number of nitrogens with two attached hydrogens (primary N) is 1. The van der Waals surface area contributed by atoms with Crippen molar-refractivity contribution in [2.24, 2.45) is 5.73 Å². The van der Waals surface area contributed by atoms with E-state index in [0.29, 0.717) is 10.5 Å². The largest absolute Gasteiger partial charge is 0.510 e. The summed E-state index contributed by atoms with van der Waals surface area (Å²) in [5.41, 5.74) is 6.67. The molecule has 0 saturated carbocycles. The van der Waals surface area contributed by atoms with Gasteiger partial charge in [-0.25, -0.2) is 0 Å². The van der Waals surface area contributed by atoms with E-state index in [4.69, 9.17) is 5.73 Å². The van der Waals surface area contributed by atoms with Gasteiger partial charge in [0, 0.05) is 11.4 Å². The summed E-state index contributed by atoms with van der Waals surface area (Å²) in [5.74, 6) is 0. The second kappa shape index (κ2) is 4.33. The summed E-state index contributed by atoms with van der Waals surface area (Å²) in [6, 6.07) is 0. The highest BCUT2D eigenvalue weighted by atomic mass is 32.1. The third-order valence-electron chi connectivity index (χ3n) is 2.96. The fourth-order valence-corrected chi connectivity index (χ4v) is 2.33. The molecule has 1 aromatic rings. The molecule has 0 heterocycles.